The number of ketones is 2. The number of esters is 1. The molecule has 2 atom stereocenters. The summed E-state index contributed by atoms with van der Waals surface area (Å²) in [6.45, 7) is 5.56. The van der Waals surface area contributed by atoms with Crippen LogP contribution in [0.5, 0.6) is 0 Å². The molecule has 2 unspecified atom stereocenters. The Balaban J connectivity index is 0.000000367. The predicted molar refractivity (Wildman–Crippen MR) is 207 cm³/mol. The van der Waals surface area contributed by atoms with E-state index in [4.69, 9.17) is 21.9 Å². The number of Topliss-reactive ketones (excluding diaryl/α,β-unsaturated/α-hetero) is 2. The number of hydrogen-bond donors (Lipinski definition) is 6. The lowest BCUT2D eigenvalue weighted by atomic mass is 9.83. The fourth-order valence-corrected chi connectivity index (χ4v) is 5.91. The molecule has 0 aliphatic heterocycles. The molecule has 13 heteroatoms. The van der Waals surface area contributed by atoms with Gasteiger partial charge in [0.2, 0.25) is 5.91 Å². The van der Waals surface area contributed by atoms with Crippen molar-refractivity contribution in [2.45, 2.75) is 141 Å². The van der Waals surface area contributed by atoms with Gasteiger partial charge in [0, 0.05) is 57.0 Å². The maximum Gasteiger partial charge on any atom is 0.308 e. The summed E-state index contributed by atoms with van der Waals surface area (Å²) in [7, 11) is 0. The number of H-pyrrole nitrogens is 2. The van der Waals surface area contributed by atoms with Gasteiger partial charge in [0.25, 0.3) is 0 Å². The summed E-state index contributed by atoms with van der Waals surface area (Å²) in [5.74, 6) is 1.02. The van der Waals surface area contributed by atoms with Crippen LogP contribution in [0.25, 0.3) is 0 Å². The number of aromatic amines is 2. The molecule has 0 aliphatic rings. The summed E-state index contributed by atoms with van der Waals surface area (Å²) in [5.41, 5.74) is 16.9. The van der Waals surface area contributed by atoms with E-state index in [-0.39, 0.29) is 36.9 Å². The Labute approximate surface area is 315 Å². The Morgan fingerprint density at radius 2 is 1.28 bits per heavy atom. The third kappa shape index (κ3) is 18.4. The first-order chi connectivity index (χ1) is 25.5. The van der Waals surface area contributed by atoms with Crippen LogP contribution in [0.15, 0.2) is 55.1 Å². The van der Waals surface area contributed by atoms with Crippen molar-refractivity contribution in [1.82, 2.24) is 25.3 Å². The molecule has 0 aliphatic carbocycles. The molecule has 9 N–H and O–H groups in total. The molecule has 3 rings (SSSR count). The average Bonchev–Trinajstić information content (AvgIpc) is 3.88. The van der Waals surface area contributed by atoms with Crippen molar-refractivity contribution in [3.8, 4) is 0 Å². The van der Waals surface area contributed by atoms with Gasteiger partial charge < -0.3 is 37.2 Å². The largest absolute Gasteiger partial charge is 0.461 e. The summed E-state index contributed by atoms with van der Waals surface area (Å²) in [5, 5.41) is 2.88. The average molecular weight is 737 g/mol. The quantitative estimate of drug-likeness (QED) is 0.0446. The number of hydrogen-bond acceptors (Lipinski definition) is 10. The van der Waals surface area contributed by atoms with Crippen LogP contribution in [0.2, 0.25) is 0 Å². The first-order valence-corrected chi connectivity index (χ1v) is 19.3. The van der Waals surface area contributed by atoms with Crippen molar-refractivity contribution in [3.63, 3.8) is 0 Å². The van der Waals surface area contributed by atoms with E-state index < -0.39 is 17.0 Å². The van der Waals surface area contributed by atoms with Crippen molar-refractivity contribution in [3.05, 3.63) is 72.3 Å². The second-order valence-electron chi connectivity index (χ2n) is 13.8. The lowest BCUT2D eigenvalue weighted by Gasteiger charge is -2.27. The van der Waals surface area contributed by atoms with E-state index in [0.29, 0.717) is 64.5 Å². The number of aryl methyl sites for hydroxylation is 2. The molecule has 1 aromatic carbocycles. The molecule has 0 spiro atoms. The van der Waals surface area contributed by atoms with Gasteiger partial charge in [0.1, 0.15) is 18.3 Å². The highest BCUT2D eigenvalue weighted by Crippen LogP contribution is 2.22. The molecule has 53 heavy (non-hydrogen) atoms. The van der Waals surface area contributed by atoms with Gasteiger partial charge in [-0.3, -0.25) is 19.2 Å². The number of ether oxygens (including phenoxy) is 1. The van der Waals surface area contributed by atoms with Gasteiger partial charge in [0.15, 0.2) is 11.6 Å². The second-order valence-corrected chi connectivity index (χ2v) is 13.8. The Morgan fingerprint density at radius 3 is 1.77 bits per heavy atom. The third-order valence-corrected chi connectivity index (χ3v) is 9.19. The zero-order valence-corrected chi connectivity index (χ0v) is 32.0. The monoisotopic (exact) mass is 736 g/mol. The van der Waals surface area contributed by atoms with Crippen molar-refractivity contribution in [2.24, 2.45) is 17.2 Å². The van der Waals surface area contributed by atoms with Gasteiger partial charge in [-0.15, -0.1) is 0 Å². The van der Waals surface area contributed by atoms with Gasteiger partial charge in [-0.05, 0) is 50.6 Å². The number of nitrogens with zero attached hydrogens (tertiary/aromatic N) is 2. The first kappa shape index (κ1) is 45.0. The molecule has 294 valence electrons. The van der Waals surface area contributed by atoms with Crippen molar-refractivity contribution in [2.75, 3.05) is 13.1 Å². The van der Waals surface area contributed by atoms with Crippen molar-refractivity contribution in [1.29, 1.82) is 0 Å². The Bertz CT molecular complexity index is 1430. The number of benzene rings is 1. The van der Waals surface area contributed by atoms with Gasteiger partial charge in [-0.25, -0.2) is 9.97 Å². The molecule has 0 bridgehead atoms. The van der Waals surface area contributed by atoms with Crippen LogP contribution in [0.4, 0.5) is 0 Å². The minimum absolute atomic E-state index is 0.0317. The molecular formula is C40H64N8O5. The van der Waals surface area contributed by atoms with Gasteiger partial charge >= 0.3 is 5.97 Å². The summed E-state index contributed by atoms with van der Waals surface area (Å²) < 4.78 is 5.33. The smallest absolute Gasteiger partial charge is 0.308 e. The molecule has 2 aromatic heterocycles. The number of nitrogens with one attached hydrogen (secondary N) is 3. The van der Waals surface area contributed by atoms with Crippen LogP contribution in [-0.4, -0.2) is 67.5 Å². The maximum absolute atomic E-state index is 12.7. The molecule has 0 fully saturated rings. The van der Waals surface area contributed by atoms with E-state index in [1.54, 1.807) is 24.8 Å². The minimum atomic E-state index is -1.16. The highest BCUT2D eigenvalue weighted by Gasteiger charge is 2.36. The fraction of sp³-hybridized carbons (Fsp3) is 0.600. The number of carbonyl (C=O) groups is 4. The summed E-state index contributed by atoms with van der Waals surface area (Å²) in [6, 6.07) is 9.46. The lowest BCUT2D eigenvalue weighted by molar-refractivity contribution is -0.148. The fourth-order valence-electron chi connectivity index (χ4n) is 5.91. The topological polar surface area (TPSA) is 225 Å². The molecule has 2 heterocycles. The van der Waals surface area contributed by atoms with E-state index in [0.717, 1.165) is 62.2 Å². The Morgan fingerprint density at radius 1 is 0.736 bits per heavy atom. The van der Waals surface area contributed by atoms with E-state index in [2.05, 4.69) is 32.2 Å². The number of amides is 1. The highest BCUT2D eigenvalue weighted by atomic mass is 16.5. The number of carbonyl (C=O) groups excluding carboxylic acids is 4. The van der Waals surface area contributed by atoms with Crippen LogP contribution >= 0.6 is 0 Å². The normalized spacial score (nSPS) is 13.2. The number of unbranched alkanes of at least 4 members (excludes halogenated alkanes) is 4. The Kier molecular flexibility index (Phi) is 21.8. The number of imidazole rings is 2. The lowest BCUT2D eigenvalue weighted by Crippen LogP contribution is -2.51. The van der Waals surface area contributed by atoms with E-state index in [1.165, 1.54) is 0 Å². The van der Waals surface area contributed by atoms with Gasteiger partial charge in [-0.2, -0.15) is 0 Å². The first-order valence-electron chi connectivity index (χ1n) is 19.3. The molecule has 0 saturated heterocycles. The van der Waals surface area contributed by atoms with Crippen LogP contribution in [0, 0.1) is 0 Å². The summed E-state index contributed by atoms with van der Waals surface area (Å²) in [6.07, 6.45) is 17.7. The SMILES string of the molecule is CCCCC(N)(CC(=O)NCCCCCN)C(=O)CCCc1ncc[nH]1.CCCCC(N)(CC(=O)OCc1ccccc1)C(=O)CCCc1ncc[nH]1. The second kappa shape index (κ2) is 25.7. The molecular weight excluding hydrogens is 672 g/mol. The minimum Gasteiger partial charge on any atom is -0.461 e. The zero-order valence-electron chi connectivity index (χ0n) is 32.0. The number of aromatic nitrogens is 4. The van der Waals surface area contributed by atoms with Crippen LogP contribution in [0.3, 0.4) is 0 Å². The predicted octanol–water partition coefficient (Wildman–Crippen LogP) is 5.15. The molecule has 0 radical (unpaired) electrons. The third-order valence-electron chi connectivity index (χ3n) is 9.19. The van der Waals surface area contributed by atoms with Crippen LogP contribution in [0.1, 0.15) is 127 Å². The van der Waals surface area contributed by atoms with Crippen molar-refractivity contribution < 1.29 is 23.9 Å². The van der Waals surface area contributed by atoms with Gasteiger partial charge in [0.05, 0.1) is 23.9 Å². The van der Waals surface area contributed by atoms with Crippen molar-refractivity contribution >= 4 is 23.4 Å². The molecule has 0 saturated carbocycles. The van der Waals surface area contributed by atoms with Crippen LogP contribution < -0.4 is 22.5 Å². The summed E-state index contributed by atoms with van der Waals surface area (Å²) >= 11 is 0. The number of nitrogens with two attached hydrogens (primary N) is 3. The Hall–Kier alpha value is -4.20. The van der Waals surface area contributed by atoms with Gasteiger partial charge in [-0.1, -0.05) is 76.3 Å². The molecule has 1 amide bonds. The van der Waals surface area contributed by atoms with E-state index in [9.17, 15) is 19.2 Å². The standard InChI is InChI=1S/C21H29N3O3.C19H35N5O2/c1-2-3-12-21(22,18(25)10-7-11-19-23-13-14-24-19)15-20(26)27-16-17-8-5-4-6-9-17;1-2-3-10-19(21,15-18(26)24-12-6-4-5-11-20)16(25)8-7-9-17-22-13-14-23-17/h4-6,8-9,13-14H,2-3,7,10-12,15-16,22H2,1H3,(H,23,24);13-14H,2-12,15,20-21H2,1H3,(H,22,23)(H,24,26). The highest BCUT2D eigenvalue weighted by molar-refractivity contribution is 5.93. The van der Waals surface area contributed by atoms with E-state index >= 15 is 0 Å². The molecule has 13 nitrogen and oxygen atoms in total. The maximum atomic E-state index is 12.7. The van der Waals surface area contributed by atoms with Crippen LogP contribution in [-0.2, 0) is 43.4 Å². The zero-order chi connectivity index (χ0) is 38.8. The number of rotatable bonds is 27. The summed E-state index contributed by atoms with van der Waals surface area (Å²) in [4.78, 5) is 64.3. The molecule has 3 aromatic rings. The van der Waals surface area contributed by atoms with E-state index in [1.807, 2.05) is 37.3 Å².